The van der Waals surface area contributed by atoms with Gasteiger partial charge in [0.25, 0.3) is 0 Å². The van der Waals surface area contributed by atoms with Crippen molar-refractivity contribution in [1.29, 1.82) is 0 Å². The first kappa shape index (κ1) is 20.2. The lowest BCUT2D eigenvalue weighted by molar-refractivity contribution is -0.122. The normalized spacial score (nSPS) is 42.2. The summed E-state index contributed by atoms with van der Waals surface area (Å²) in [6, 6.07) is 0. The SMILES string of the molecule is CO[C@H]1[C@H](C2(C)O[C@@H]2CC=C(C)C)[C@]2(CC[C@H]1OC(=O)N1CCCCC1)CO2. The molecule has 4 rings (SSSR count). The second-order valence-corrected chi connectivity index (χ2v) is 9.35. The summed E-state index contributed by atoms with van der Waals surface area (Å²) in [5.41, 5.74) is 0.832. The van der Waals surface area contributed by atoms with E-state index < -0.39 is 0 Å². The first-order valence-corrected chi connectivity index (χ1v) is 10.8. The van der Waals surface area contributed by atoms with Gasteiger partial charge in [-0.3, -0.25) is 0 Å². The van der Waals surface area contributed by atoms with Gasteiger partial charge in [-0.25, -0.2) is 4.79 Å². The lowest BCUT2D eigenvalue weighted by Gasteiger charge is -2.43. The number of ether oxygens (including phenoxy) is 4. The van der Waals surface area contributed by atoms with Crippen LogP contribution in [0.25, 0.3) is 0 Å². The van der Waals surface area contributed by atoms with E-state index in [1.807, 2.05) is 4.90 Å². The Bertz CT molecular complexity index is 620. The quantitative estimate of drug-likeness (QED) is 0.527. The van der Waals surface area contributed by atoms with Crippen molar-refractivity contribution in [3.8, 4) is 0 Å². The minimum absolute atomic E-state index is 0.0773. The predicted octanol–water partition coefficient (Wildman–Crippen LogP) is 3.69. The molecule has 0 aromatic carbocycles. The Balaban J connectivity index is 1.47. The molecule has 3 aliphatic heterocycles. The molecule has 0 bridgehead atoms. The molecule has 3 saturated heterocycles. The number of allylic oxidation sites excluding steroid dienone is 1. The molecule has 1 aliphatic carbocycles. The average Bonchev–Trinajstić information content (AvgIpc) is 3.60. The number of methoxy groups -OCH3 is 1. The monoisotopic (exact) mass is 393 g/mol. The molecule has 6 nitrogen and oxygen atoms in total. The number of rotatable bonds is 5. The predicted molar refractivity (Wildman–Crippen MR) is 105 cm³/mol. The molecule has 6 atom stereocenters. The Kier molecular flexibility index (Phi) is 5.49. The summed E-state index contributed by atoms with van der Waals surface area (Å²) < 4.78 is 24.1. The molecule has 0 radical (unpaired) electrons. The highest BCUT2D eigenvalue weighted by Gasteiger charge is 2.72. The highest BCUT2D eigenvalue weighted by atomic mass is 16.6. The van der Waals surface area contributed by atoms with Gasteiger partial charge in [-0.15, -0.1) is 0 Å². The van der Waals surface area contributed by atoms with Gasteiger partial charge in [0.05, 0.1) is 18.6 Å². The summed E-state index contributed by atoms with van der Waals surface area (Å²) in [5, 5.41) is 0. The third kappa shape index (κ3) is 3.71. The van der Waals surface area contributed by atoms with Crippen molar-refractivity contribution < 1.29 is 23.7 Å². The third-order valence-electron chi connectivity index (χ3n) is 7.10. The molecular weight excluding hydrogens is 358 g/mol. The molecule has 4 aliphatic rings. The zero-order valence-corrected chi connectivity index (χ0v) is 17.7. The van der Waals surface area contributed by atoms with Crippen LogP contribution >= 0.6 is 0 Å². The van der Waals surface area contributed by atoms with Gasteiger partial charge in [0.1, 0.15) is 23.4 Å². The molecular formula is C22H35NO5. The first-order chi connectivity index (χ1) is 13.4. The molecule has 1 amide bonds. The Hall–Kier alpha value is -1.11. The smallest absolute Gasteiger partial charge is 0.410 e. The number of carbonyl (C=O) groups excluding carboxylic acids is 1. The Morgan fingerprint density at radius 3 is 2.57 bits per heavy atom. The molecule has 0 aromatic heterocycles. The molecule has 1 unspecified atom stereocenters. The van der Waals surface area contributed by atoms with Crippen LogP contribution in [-0.2, 0) is 18.9 Å². The van der Waals surface area contributed by atoms with Gasteiger partial charge in [0.15, 0.2) is 0 Å². The van der Waals surface area contributed by atoms with Crippen molar-refractivity contribution in [2.45, 2.75) is 88.8 Å². The molecule has 0 aromatic rings. The number of hydrogen-bond donors (Lipinski definition) is 0. The van der Waals surface area contributed by atoms with Crippen molar-refractivity contribution in [2.24, 2.45) is 5.92 Å². The topological polar surface area (TPSA) is 63.8 Å². The van der Waals surface area contributed by atoms with Gasteiger partial charge >= 0.3 is 6.09 Å². The Morgan fingerprint density at radius 1 is 1.25 bits per heavy atom. The summed E-state index contributed by atoms with van der Waals surface area (Å²) in [6.45, 7) is 8.74. The van der Waals surface area contributed by atoms with E-state index in [0.29, 0.717) is 0 Å². The summed E-state index contributed by atoms with van der Waals surface area (Å²) in [4.78, 5) is 14.5. The van der Waals surface area contributed by atoms with E-state index >= 15 is 0 Å². The van der Waals surface area contributed by atoms with Crippen LogP contribution in [0.1, 0.15) is 59.3 Å². The van der Waals surface area contributed by atoms with Gasteiger partial charge in [-0.1, -0.05) is 11.6 Å². The molecule has 6 heteroatoms. The number of likely N-dealkylation sites (tertiary alicyclic amines) is 1. The lowest BCUT2D eigenvalue weighted by atomic mass is 9.68. The molecule has 1 saturated carbocycles. The van der Waals surface area contributed by atoms with E-state index in [0.717, 1.165) is 51.8 Å². The van der Waals surface area contributed by atoms with Gasteiger partial charge < -0.3 is 23.8 Å². The summed E-state index contributed by atoms with van der Waals surface area (Å²) in [7, 11) is 1.72. The Morgan fingerprint density at radius 2 is 1.96 bits per heavy atom. The zero-order chi connectivity index (χ0) is 19.9. The van der Waals surface area contributed by atoms with Crippen LogP contribution in [0.15, 0.2) is 11.6 Å². The highest BCUT2D eigenvalue weighted by molar-refractivity contribution is 5.68. The number of carbonyl (C=O) groups is 1. The standard InChI is InChI=1S/C22H35NO5/c1-15(2)8-9-17-21(3,28-17)19-18(25-4)16(10-11-22(19)14-26-22)27-20(24)23-12-6-5-7-13-23/h8,16-19H,5-7,9-14H2,1-4H3/t16-,17-,18-,19-,21?,22+/m1/s1. The fraction of sp³-hybridized carbons (Fsp3) is 0.864. The van der Waals surface area contributed by atoms with E-state index in [2.05, 4.69) is 26.8 Å². The van der Waals surface area contributed by atoms with Gasteiger partial charge in [-0.2, -0.15) is 0 Å². The van der Waals surface area contributed by atoms with E-state index in [1.165, 1.54) is 12.0 Å². The van der Waals surface area contributed by atoms with Crippen LogP contribution in [0, 0.1) is 5.92 Å². The molecule has 4 fully saturated rings. The number of nitrogens with zero attached hydrogens (tertiary/aromatic N) is 1. The average molecular weight is 394 g/mol. The van der Waals surface area contributed by atoms with Crippen molar-refractivity contribution in [2.75, 3.05) is 26.8 Å². The minimum Gasteiger partial charge on any atom is -0.443 e. The molecule has 0 N–H and O–H groups in total. The Labute approximate surface area is 168 Å². The van der Waals surface area contributed by atoms with Crippen LogP contribution < -0.4 is 0 Å². The molecule has 158 valence electrons. The van der Waals surface area contributed by atoms with E-state index in [-0.39, 0.29) is 41.5 Å². The summed E-state index contributed by atoms with van der Waals surface area (Å²) in [6.07, 6.45) is 7.65. The second-order valence-electron chi connectivity index (χ2n) is 9.35. The van der Waals surface area contributed by atoms with Gasteiger partial charge in [0, 0.05) is 20.2 Å². The maximum Gasteiger partial charge on any atom is 0.410 e. The zero-order valence-electron chi connectivity index (χ0n) is 17.7. The van der Waals surface area contributed by atoms with E-state index in [9.17, 15) is 4.79 Å². The van der Waals surface area contributed by atoms with Crippen LogP contribution in [0.3, 0.4) is 0 Å². The first-order valence-electron chi connectivity index (χ1n) is 10.8. The maximum atomic E-state index is 12.7. The molecule has 1 spiro atoms. The lowest BCUT2D eigenvalue weighted by Crippen LogP contribution is -2.56. The summed E-state index contributed by atoms with van der Waals surface area (Å²) >= 11 is 0. The molecule has 3 heterocycles. The number of piperidine rings is 1. The maximum absolute atomic E-state index is 12.7. The van der Waals surface area contributed by atoms with Crippen LogP contribution in [0.5, 0.6) is 0 Å². The minimum atomic E-state index is -0.292. The van der Waals surface area contributed by atoms with Gasteiger partial charge in [-0.05, 0) is 59.3 Å². The van der Waals surface area contributed by atoms with Crippen molar-refractivity contribution in [3.05, 3.63) is 11.6 Å². The van der Waals surface area contributed by atoms with E-state index in [1.54, 1.807) is 7.11 Å². The fourth-order valence-corrected chi connectivity index (χ4v) is 5.35. The largest absolute Gasteiger partial charge is 0.443 e. The fourth-order valence-electron chi connectivity index (χ4n) is 5.35. The highest BCUT2D eigenvalue weighted by Crippen LogP contribution is 2.59. The third-order valence-corrected chi connectivity index (χ3v) is 7.10. The number of amides is 1. The summed E-state index contributed by atoms with van der Waals surface area (Å²) in [5.74, 6) is 0.0773. The number of epoxide rings is 2. The van der Waals surface area contributed by atoms with Crippen LogP contribution in [0.2, 0.25) is 0 Å². The van der Waals surface area contributed by atoms with Crippen molar-refractivity contribution in [3.63, 3.8) is 0 Å². The second kappa shape index (κ2) is 7.62. The van der Waals surface area contributed by atoms with Crippen molar-refractivity contribution in [1.82, 2.24) is 4.90 Å². The van der Waals surface area contributed by atoms with Gasteiger partial charge in [0.2, 0.25) is 0 Å². The molecule has 28 heavy (non-hydrogen) atoms. The van der Waals surface area contributed by atoms with Crippen LogP contribution in [0.4, 0.5) is 4.79 Å². The van der Waals surface area contributed by atoms with Crippen LogP contribution in [-0.4, -0.2) is 67.3 Å². The van der Waals surface area contributed by atoms with E-state index in [4.69, 9.17) is 18.9 Å². The number of hydrogen-bond acceptors (Lipinski definition) is 5. The van der Waals surface area contributed by atoms with Crippen molar-refractivity contribution >= 4 is 6.09 Å².